The molecule has 0 spiro atoms. The molecule has 0 radical (unpaired) electrons. The third kappa shape index (κ3) is 12.7. The molecule has 2 aliphatic heterocycles. The Hall–Kier alpha value is -0.580. The number of nitrogens with one attached hydrogen (secondary N) is 1. The molecule has 9 heteroatoms. The highest BCUT2D eigenvalue weighted by Crippen LogP contribution is 2.18. The van der Waals surface area contributed by atoms with Gasteiger partial charge in [0.25, 0.3) is 0 Å². The molecule has 4 heterocycles. The first-order chi connectivity index (χ1) is 13.1. The summed E-state index contributed by atoms with van der Waals surface area (Å²) in [6, 6.07) is 4.02. The molecule has 6 nitrogen and oxygen atoms in total. The van der Waals surface area contributed by atoms with Crippen molar-refractivity contribution in [2.75, 3.05) is 57.5 Å². The van der Waals surface area contributed by atoms with Gasteiger partial charge in [-0.2, -0.15) is 0 Å². The van der Waals surface area contributed by atoms with Crippen LogP contribution in [-0.4, -0.2) is 62.6 Å². The minimum Gasteiger partial charge on any atom is -0.379 e. The Kier molecular flexibility index (Phi) is 16.8. The highest BCUT2D eigenvalue weighted by atomic mass is 79.9. The van der Waals surface area contributed by atoms with Crippen molar-refractivity contribution in [3.8, 4) is 0 Å². The molecule has 4 rings (SSSR count). The van der Waals surface area contributed by atoms with Gasteiger partial charge in [-0.05, 0) is 59.9 Å². The summed E-state index contributed by atoms with van der Waals surface area (Å²) in [6.07, 6.45) is 7.16. The molecule has 2 saturated heterocycles. The molecule has 0 saturated carbocycles. The highest BCUT2D eigenvalue weighted by molar-refractivity contribution is 9.11. The quantitative estimate of drug-likeness (QED) is 0.489. The predicted octanol–water partition coefficient (Wildman–Crippen LogP) is 5.17. The van der Waals surface area contributed by atoms with Crippen LogP contribution in [-0.2, 0) is 9.47 Å². The van der Waals surface area contributed by atoms with Gasteiger partial charge >= 0.3 is 0 Å². The topological polar surface area (TPSA) is 59.5 Å². The number of hydrogen-bond acceptors (Lipinski definition) is 6. The molecular formula is C20H31Br3N4O2. The van der Waals surface area contributed by atoms with Gasteiger partial charge in [-0.1, -0.05) is 14.9 Å². The van der Waals surface area contributed by atoms with E-state index in [9.17, 15) is 0 Å². The Morgan fingerprint density at radius 1 is 0.724 bits per heavy atom. The first-order valence-corrected chi connectivity index (χ1v) is 11.0. The van der Waals surface area contributed by atoms with E-state index in [0.717, 1.165) is 71.7 Å². The lowest BCUT2D eigenvalue weighted by molar-refractivity contribution is 0.109. The van der Waals surface area contributed by atoms with Crippen LogP contribution < -0.4 is 10.2 Å². The summed E-state index contributed by atoms with van der Waals surface area (Å²) in [5, 5.41) is 3.16. The summed E-state index contributed by atoms with van der Waals surface area (Å²) in [4.78, 5) is 10.3. The Morgan fingerprint density at radius 2 is 1.21 bits per heavy atom. The van der Waals surface area contributed by atoms with E-state index in [0.29, 0.717) is 0 Å². The highest BCUT2D eigenvalue weighted by Gasteiger charge is 2.11. The van der Waals surface area contributed by atoms with Gasteiger partial charge in [0.2, 0.25) is 0 Å². The summed E-state index contributed by atoms with van der Waals surface area (Å²) in [6.45, 7) is 7.37. The normalized spacial score (nSPS) is 15.3. The van der Waals surface area contributed by atoms with E-state index < -0.39 is 0 Å². The van der Waals surface area contributed by atoms with Crippen LogP contribution in [0.4, 0.5) is 5.69 Å². The van der Waals surface area contributed by atoms with Crippen LogP contribution >= 0.6 is 47.8 Å². The van der Waals surface area contributed by atoms with E-state index in [1.165, 1.54) is 0 Å². The molecule has 2 aromatic rings. The van der Waals surface area contributed by atoms with E-state index in [4.69, 9.17) is 9.47 Å². The van der Waals surface area contributed by atoms with Crippen molar-refractivity contribution in [1.29, 1.82) is 0 Å². The van der Waals surface area contributed by atoms with Gasteiger partial charge < -0.3 is 19.7 Å². The minimum atomic E-state index is 0. The number of nitrogens with zero attached hydrogens (tertiary/aromatic N) is 3. The summed E-state index contributed by atoms with van der Waals surface area (Å²) in [7, 11) is 0. The zero-order valence-electron chi connectivity index (χ0n) is 14.9. The molecule has 0 atom stereocenters. The van der Waals surface area contributed by atoms with Crippen molar-refractivity contribution in [1.82, 2.24) is 15.3 Å². The number of hydrogen-bond donors (Lipinski definition) is 1. The molecule has 164 valence electrons. The van der Waals surface area contributed by atoms with Gasteiger partial charge in [0, 0.05) is 58.2 Å². The molecule has 0 amide bonds. The van der Waals surface area contributed by atoms with Gasteiger partial charge in [-0.15, -0.1) is 0 Å². The molecule has 0 bridgehead atoms. The second-order valence-corrected chi connectivity index (χ2v) is 8.39. The SMILES string of the molecule is Brc1cncc(Br)c1.Brc1cncc(N2CCOCC2)c1.C.C.C1COCCN1. The van der Waals surface area contributed by atoms with Crippen molar-refractivity contribution >= 4 is 53.5 Å². The standard InChI is InChI=1S/C9H11BrN2O.C5H3Br2N.C4H9NO.2CH4/c10-8-5-9(7-11-6-8)12-1-3-13-4-2-12;6-4-1-5(7)3-8-2-4;1-3-6-4-2-5-1;;/h5-7H,1-4H2;1-3H;5H,1-4H2;2*1H4. The molecular weight excluding hydrogens is 568 g/mol. The average Bonchev–Trinajstić information content (AvgIpc) is 2.71. The van der Waals surface area contributed by atoms with E-state index >= 15 is 0 Å². The lowest BCUT2D eigenvalue weighted by Crippen LogP contribution is -2.36. The van der Waals surface area contributed by atoms with Crippen LogP contribution in [0, 0.1) is 0 Å². The first kappa shape index (κ1) is 28.4. The number of pyridine rings is 2. The number of morpholine rings is 2. The van der Waals surface area contributed by atoms with E-state index in [1.54, 1.807) is 18.6 Å². The summed E-state index contributed by atoms with van der Waals surface area (Å²) < 4.78 is 13.3. The molecule has 2 aliphatic rings. The number of halogens is 3. The van der Waals surface area contributed by atoms with Crippen LogP contribution in [0.3, 0.4) is 0 Å². The fraction of sp³-hybridized carbons (Fsp3) is 0.500. The van der Waals surface area contributed by atoms with Crippen molar-refractivity contribution in [3.05, 3.63) is 50.3 Å². The molecule has 2 fully saturated rings. The largest absolute Gasteiger partial charge is 0.379 e. The maximum absolute atomic E-state index is 5.28. The van der Waals surface area contributed by atoms with Crippen LogP contribution in [0.25, 0.3) is 0 Å². The van der Waals surface area contributed by atoms with Crippen molar-refractivity contribution in [3.63, 3.8) is 0 Å². The molecule has 1 N–H and O–H groups in total. The van der Waals surface area contributed by atoms with Crippen molar-refractivity contribution in [2.24, 2.45) is 0 Å². The summed E-state index contributed by atoms with van der Waals surface area (Å²) >= 11 is 9.95. The van der Waals surface area contributed by atoms with E-state index in [1.807, 2.05) is 12.3 Å². The lowest BCUT2D eigenvalue weighted by Gasteiger charge is -2.28. The monoisotopic (exact) mass is 596 g/mol. The van der Waals surface area contributed by atoms with Crippen LogP contribution in [0.5, 0.6) is 0 Å². The molecule has 2 aromatic heterocycles. The van der Waals surface area contributed by atoms with Crippen molar-refractivity contribution < 1.29 is 9.47 Å². The van der Waals surface area contributed by atoms with Gasteiger partial charge in [0.15, 0.2) is 0 Å². The third-order valence-electron chi connectivity index (χ3n) is 3.58. The molecule has 0 unspecified atom stereocenters. The van der Waals surface area contributed by atoms with Crippen LogP contribution in [0.1, 0.15) is 14.9 Å². The van der Waals surface area contributed by atoms with Gasteiger partial charge in [0.1, 0.15) is 0 Å². The number of anilines is 1. The average molecular weight is 599 g/mol. The van der Waals surface area contributed by atoms with E-state index in [-0.39, 0.29) is 14.9 Å². The van der Waals surface area contributed by atoms with E-state index in [2.05, 4.69) is 74.0 Å². The summed E-state index contributed by atoms with van der Waals surface area (Å²) in [5.41, 5.74) is 1.16. The second kappa shape index (κ2) is 17.1. The number of ether oxygens (including phenoxy) is 2. The maximum atomic E-state index is 5.28. The minimum absolute atomic E-state index is 0. The fourth-order valence-electron chi connectivity index (χ4n) is 2.30. The predicted molar refractivity (Wildman–Crippen MR) is 132 cm³/mol. The molecule has 0 aromatic carbocycles. The lowest BCUT2D eigenvalue weighted by atomic mass is 10.3. The Morgan fingerprint density at radius 3 is 1.59 bits per heavy atom. The van der Waals surface area contributed by atoms with Gasteiger partial charge in [0.05, 0.1) is 38.3 Å². The van der Waals surface area contributed by atoms with Crippen LogP contribution in [0.15, 0.2) is 50.3 Å². The third-order valence-corrected chi connectivity index (χ3v) is 4.89. The number of rotatable bonds is 1. The Bertz CT molecular complexity index is 641. The zero-order chi connectivity index (χ0) is 19.3. The van der Waals surface area contributed by atoms with Crippen LogP contribution in [0.2, 0.25) is 0 Å². The van der Waals surface area contributed by atoms with Gasteiger partial charge in [-0.25, -0.2) is 0 Å². The van der Waals surface area contributed by atoms with Crippen molar-refractivity contribution in [2.45, 2.75) is 14.9 Å². The molecule has 0 aliphatic carbocycles. The zero-order valence-corrected chi connectivity index (χ0v) is 19.7. The summed E-state index contributed by atoms with van der Waals surface area (Å²) in [5.74, 6) is 0. The molecule has 29 heavy (non-hydrogen) atoms. The second-order valence-electron chi connectivity index (χ2n) is 5.64. The Balaban J connectivity index is 0.000000425. The van der Waals surface area contributed by atoms with Gasteiger partial charge in [-0.3, -0.25) is 9.97 Å². The Labute approximate surface area is 200 Å². The first-order valence-electron chi connectivity index (χ1n) is 8.63. The smallest absolute Gasteiger partial charge is 0.0642 e. The maximum Gasteiger partial charge on any atom is 0.0642 e. The number of aromatic nitrogens is 2. The fourth-order valence-corrected chi connectivity index (χ4v) is 3.69.